The van der Waals surface area contributed by atoms with Crippen molar-refractivity contribution in [3.8, 4) is 0 Å². The minimum absolute atomic E-state index is 0.0310. The van der Waals surface area contributed by atoms with Gasteiger partial charge in [0.25, 0.3) is 5.91 Å². The summed E-state index contributed by atoms with van der Waals surface area (Å²) in [4.78, 5) is 38.3. The van der Waals surface area contributed by atoms with Crippen molar-refractivity contribution in [3.63, 3.8) is 0 Å². The maximum Gasteiger partial charge on any atom is 0.251 e. The van der Waals surface area contributed by atoms with Crippen LogP contribution in [0.4, 0.5) is 5.69 Å². The second-order valence-corrected chi connectivity index (χ2v) is 6.98. The summed E-state index contributed by atoms with van der Waals surface area (Å²) in [6.45, 7) is 2.68. The van der Waals surface area contributed by atoms with Gasteiger partial charge in [0.2, 0.25) is 11.8 Å². The summed E-state index contributed by atoms with van der Waals surface area (Å²) in [6.07, 6.45) is 0.980. The Morgan fingerprint density at radius 2 is 2.00 bits per heavy atom. The average molecular weight is 363 g/mol. The fourth-order valence-electron chi connectivity index (χ4n) is 3.93. The molecule has 2 aromatic carbocycles. The second kappa shape index (κ2) is 6.87. The fourth-order valence-corrected chi connectivity index (χ4v) is 3.93. The summed E-state index contributed by atoms with van der Waals surface area (Å²) in [5.74, 6) is -0.331. The molecule has 6 heteroatoms. The molecular weight excluding hydrogens is 342 g/mol. The van der Waals surface area contributed by atoms with Gasteiger partial charge in [-0.25, -0.2) is 0 Å². The van der Waals surface area contributed by atoms with E-state index in [0.717, 1.165) is 17.5 Å². The van der Waals surface area contributed by atoms with E-state index in [0.29, 0.717) is 24.3 Å². The van der Waals surface area contributed by atoms with E-state index in [2.05, 4.69) is 16.7 Å². The summed E-state index contributed by atoms with van der Waals surface area (Å²) < 4.78 is 0. The Morgan fingerprint density at radius 3 is 2.81 bits per heavy atom. The topological polar surface area (TPSA) is 78.5 Å². The van der Waals surface area contributed by atoms with Crippen LogP contribution < -0.4 is 10.6 Å². The maximum absolute atomic E-state index is 12.7. The molecule has 0 unspecified atom stereocenters. The summed E-state index contributed by atoms with van der Waals surface area (Å²) in [6, 6.07) is 13.0. The van der Waals surface area contributed by atoms with Crippen LogP contribution in [-0.4, -0.2) is 29.2 Å². The first-order valence-corrected chi connectivity index (χ1v) is 9.09. The lowest BCUT2D eigenvalue weighted by Crippen LogP contribution is -2.40. The Kier molecular flexibility index (Phi) is 4.39. The third-order valence-electron chi connectivity index (χ3n) is 5.27. The third kappa shape index (κ3) is 3.30. The number of fused-ring (bicyclic) bond motifs is 2. The number of benzene rings is 2. The third-order valence-corrected chi connectivity index (χ3v) is 5.27. The highest BCUT2D eigenvalue weighted by atomic mass is 16.2. The van der Waals surface area contributed by atoms with Gasteiger partial charge < -0.3 is 15.5 Å². The van der Waals surface area contributed by atoms with Gasteiger partial charge in [-0.1, -0.05) is 30.3 Å². The van der Waals surface area contributed by atoms with Crippen molar-refractivity contribution in [1.29, 1.82) is 0 Å². The Balaban J connectivity index is 1.54. The predicted molar refractivity (Wildman–Crippen MR) is 101 cm³/mol. The summed E-state index contributed by atoms with van der Waals surface area (Å²) in [5.41, 5.74) is 4.34. The lowest BCUT2D eigenvalue weighted by atomic mass is 9.90. The number of carbonyl (C=O) groups excluding carboxylic acids is 3. The largest absolute Gasteiger partial charge is 0.348 e. The molecule has 3 amide bonds. The average Bonchev–Trinajstić information content (AvgIpc) is 3.02. The first-order chi connectivity index (χ1) is 13.0. The number of hydrogen-bond donors (Lipinski definition) is 2. The van der Waals surface area contributed by atoms with Crippen LogP contribution in [0.2, 0.25) is 0 Å². The molecule has 0 saturated carbocycles. The first kappa shape index (κ1) is 17.3. The van der Waals surface area contributed by atoms with Gasteiger partial charge in [0.1, 0.15) is 0 Å². The molecule has 2 aliphatic heterocycles. The molecule has 2 aromatic rings. The quantitative estimate of drug-likeness (QED) is 0.879. The van der Waals surface area contributed by atoms with Gasteiger partial charge in [0.05, 0.1) is 12.5 Å². The van der Waals surface area contributed by atoms with Crippen molar-refractivity contribution in [3.05, 3.63) is 64.7 Å². The Labute approximate surface area is 157 Å². The van der Waals surface area contributed by atoms with Crippen LogP contribution in [0.3, 0.4) is 0 Å². The fraction of sp³-hybridized carbons (Fsp3) is 0.286. The normalized spacial score (nSPS) is 17.7. The van der Waals surface area contributed by atoms with Crippen LogP contribution >= 0.6 is 0 Å². The SMILES string of the molecule is CC(=O)N1CCc2ccccc2[C@@H]1CC(=O)Nc1ccc2c(c1)C(=O)NC2. The molecule has 4 rings (SSSR count). The first-order valence-electron chi connectivity index (χ1n) is 9.09. The van der Waals surface area contributed by atoms with Gasteiger partial charge in [-0.2, -0.15) is 0 Å². The molecule has 1 atom stereocenters. The van der Waals surface area contributed by atoms with Crippen molar-refractivity contribution >= 4 is 23.4 Å². The van der Waals surface area contributed by atoms with Gasteiger partial charge in [-0.3, -0.25) is 14.4 Å². The zero-order chi connectivity index (χ0) is 19.0. The Bertz CT molecular complexity index is 938. The molecule has 6 nitrogen and oxygen atoms in total. The standard InChI is InChI=1S/C21H21N3O3/c1-13(25)24-9-8-14-4-2-3-5-17(14)19(24)11-20(26)23-16-7-6-15-12-22-21(27)18(15)10-16/h2-7,10,19H,8-9,11-12H2,1H3,(H,22,27)(H,23,26)/t19-/m0/s1. The molecule has 2 aliphatic rings. The molecule has 138 valence electrons. The number of carbonyl (C=O) groups is 3. The molecule has 0 bridgehead atoms. The van der Waals surface area contributed by atoms with E-state index in [-0.39, 0.29) is 30.2 Å². The van der Waals surface area contributed by atoms with E-state index in [1.165, 1.54) is 12.5 Å². The van der Waals surface area contributed by atoms with Gasteiger partial charge in [0, 0.05) is 31.3 Å². The van der Waals surface area contributed by atoms with Crippen LogP contribution in [-0.2, 0) is 22.6 Å². The van der Waals surface area contributed by atoms with E-state index in [4.69, 9.17) is 0 Å². The summed E-state index contributed by atoms with van der Waals surface area (Å²) >= 11 is 0. The zero-order valence-electron chi connectivity index (χ0n) is 15.1. The van der Waals surface area contributed by atoms with Crippen LogP contribution in [0.1, 0.15) is 46.4 Å². The second-order valence-electron chi connectivity index (χ2n) is 6.98. The van der Waals surface area contributed by atoms with Crippen molar-refractivity contribution in [1.82, 2.24) is 10.2 Å². The molecular formula is C21H21N3O3. The smallest absolute Gasteiger partial charge is 0.251 e. The minimum Gasteiger partial charge on any atom is -0.348 e. The lowest BCUT2D eigenvalue weighted by Gasteiger charge is -2.36. The molecule has 0 spiro atoms. The maximum atomic E-state index is 12.7. The number of nitrogens with one attached hydrogen (secondary N) is 2. The van der Waals surface area contributed by atoms with Crippen LogP contribution in [0.5, 0.6) is 0 Å². The number of amides is 3. The molecule has 0 aliphatic carbocycles. The van der Waals surface area contributed by atoms with Crippen LogP contribution in [0.25, 0.3) is 0 Å². The van der Waals surface area contributed by atoms with E-state index >= 15 is 0 Å². The summed E-state index contributed by atoms with van der Waals surface area (Å²) in [5, 5.41) is 5.64. The van der Waals surface area contributed by atoms with Gasteiger partial charge in [-0.15, -0.1) is 0 Å². The monoisotopic (exact) mass is 363 g/mol. The Hall–Kier alpha value is -3.15. The van der Waals surface area contributed by atoms with Gasteiger partial charge in [0.15, 0.2) is 0 Å². The van der Waals surface area contributed by atoms with E-state index in [1.54, 1.807) is 17.0 Å². The van der Waals surface area contributed by atoms with Crippen LogP contribution in [0, 0.1) is 0 Å². The molecule has 2 N–H and O–H groups in total. The Morgan fingerprint density at radius 1 is 1.19 bits per heavy atom. The highest BCUT2D eigenvalue weighted by molar-refractivity contribution is 6.00. The van der Waals surface area contributed by atoms with E-state index < -0.39 is 0 Å². The number of nitrogens with zero attached hydrogens (tertiary/aromatic N) is 1. The van der Waals surface area contributed by atoms with Crippen molar-refractivity contribution < 1.29 is 14.4 Å². The molecule has 0 saturated heterocycles. The van der Waals surface area contributed by atoms with Crippen molar-refractivity contribution in [2.24, 2.45) is 0 Å². The molecule has 2 heterocycles. The summed E-state index contributed by atoms with van der Waals surface area (Å²) in [7, 11) is 0. The molecule has 0 radical (unpaired) electrons. The van der Waals surface area contributed by atoms with Gasteiger partial charge in [-0.05, 0) is 35.2 Å². The van der Waals surface area contributed by atoms with Crippen molar-refractivity contribution in [2.75, 3.05) is 11.9 Å². The van der Waals surface area contributed by atoms with Crippen LogP contribution in [0.15, 0.2) is 42.5 Å². The van der Waals surface area contributed by atoms with Crippen molar-refractivity contribution in [2.45, 2.75) is 32.4 Å². The zero-order valence-corrected chi connectivity index (χ0v) is 15.1. The number of hydrogen-bond acceptors (Lipinski definition) is 3. The lowest BCUT2D eigenvalue weighted by molar-refractivity contribution is -0.132. The number of rotatable bonds is 3. The molecule has 0 fully saturated rings. The van der Waals surface area contributed by atoms with E-state index in [9.17, 15) is 14.4 Å². The molecule has 0 aromatic heterocycles. The van der Waals surface area contributed by atoms with Gasteiger partial charge >= 0.3 is 0 Å². The highest BCUT2D eigenvalue weighted by Gasteiger charge is 2.30. The van der Waals surface area contributed by atoms with E-state index in [1.807, 2.05) is 24.3 Å². The highest BCUT2D eigenvalue weighted by Crippen LogP contribution is 2.32. The number of anilines is 1. The molecule has 27 heavy (non-hydrogen) atoms. The minimum atomic E-state index is -0.273. The predicted octanol–water partition coefficient (Wildman–Crippen LogP) is 2.40.